The van der Waals surface area contributed by atoms with Gasteiger partial charge in [-0.3, -0.25) is 9.47 Å². The Balaban J connectivity index is 2.04. The molecule has 0 fully saturated rings. The van der Waals surface area contributed by atoms with Crippen molar-refractivity contribution in [3.8, 4) is 5.69 Å². The lowest BCUT2D eigenvalue weighted by Crippen LogP contribution is -2.42. The average Bonchev–Trinajstić information content (AvgIpc) is 2.97. The molecule has 0 unspecified atom stereocenters. The smallest absolute Gasteiger partial charge is 0.359 e. The van der Waals surface area contributed by atoms with Crippen LogP contribution in [0.25, 0.3) is 5.69 Å². The maximum Gasteiger partial charge on any atom is 0.359 e. The lowest BCUT2D eigenvalue weighted by molar-refractivity contribution is 0.00619. The Morgan fingerprint density at radius 2 is 1.92 bits per heavy atom. The Labute approximate surface area is 146 Å². The van der Waals surface area contributed by atoms with Crippen molar-refractivity contribution in [2.45, 2.75) is 39.8 Å². The van der Waals surface area contributed by atoms with Gasteiger partial charge in [-0.15, -0.1) is 0 Å². The second kappa shape index (κ2) is 6.23. The van der Waals surface area contributed by atoms with Gasteiger partial charge in [0.25, 0.3) is 0 Å². The van der Waals surface area contributed by atoms with E-state index < -0.39 is 11.6 Å². The second-order valence-corrected chi connectivity index (χ2v) is 6.82. The molecule has 1 aliphatic rings. The number of nitrogens with zero attached hydrogens (tertiary/aromatic N) is 3. The lowest BCUT2D eigenvalue weighted by Gasteiger charge is -2.31. The van der Waals surface area contributed by atoms with E-state index in [2.05, 4.69) is 10.3 Å². The minimum absolute atomic E-state index is 0.211. The highest BCUT2D eigenvalue weighted by Crippen LogP contribution is 2.33. The number of hydrogen-bond donors (Lipinski definition) is 1. The van der Waals surface area contributed by atoms with Crippen molar-refractivity contribution >= 4 is 17.7 Å². The summed E-state index contributed by atoms with van der Waals surface area (Å²) in [4.78, 5) is 30.8. The number of imidazole rings is 1. The van der Waals surface area contributed by atoms with Crippen molar-refractivity contribution in [3.05, 3.63) is 42.0 Å². The molecule has 0 saturated carbocycles. The number of carbonyl (C=O) groups is 2. The van der Waals surface area contributed by atoms with Gasteiger partial charge in [-0.05, 0) is 39.8 Å². The number of fused-ring (bicyclic) bond motifs is 3. The van der Waals surface area contributed by atoms with Crippen LogP contribution in [0.5, 0.6) is 0 Å². The summed E-state index contributed by atoms with van der Waals surface area (Å²) in [6, 6.07) is 7.32. The van der Waals surface area contributed by atoms with Crippen LogP contribution in [-0.2, 0) is 11.3 Å². The molecule has 1 N–H and O–H groups in total. The third-order valence-electron chi connectivity index (χ3n) is 3.77. The van der Waals surface area contributed by atoms with Crippen LogP contribution in [0.3, 0.4) is 0 Å². The first kappa shape index (κ1) is 17.0. The van der Waals surface area contributed by atoms with E-state index >= 15 is 0 Å². The maximum atomic E-state index is 12.5. The minimum Gasteiger partial charge on any atom is -0.455 e. The number of rotatable bonds is 2. The van der Waals surface area contributed by atoms with Crippen LogP contribution in [-0.4, -0.2) is 33.7 Å². The quantitative estimate of drug-likeness (QED) is 0.852. The summed E-state index contributed by atoms with van der Waals surface area (Å²) in [5.41, 5.74) is 1.84. The van der Waals surface area contributed by atoms with Gasteiger partial charge >= 0.3 is 12.0 Å². The number of esters is 1. The van der Waals surface area contributed by atoms with Crippen LogP contribution < -0.4 is 10.2 Å². The molecule has 132 valence electrons. The number of carbonyl (C=O) groups excluding carboxylic acids is 2. The largest absolute Gasteiger partial charge is 0.455 e. The first-order chi connectivity index (χ1) is 11.8. The van der Waals surface area contributed by atoms with E-state index in [-0.39, 0.29) is 18.3 Å². The Hall–Kier alpha value is -2.83. The van der Waals surface area contributed by atoms with Crippen LogP contribution >= 0.6 is 0 Å². The zero-order valence-electron chi connectivity index (χ0n) is 14.9. The number of amides is 2. The fourth-order valence-electron chi connectivity index (χ4n) is 2.79. The standard InChI is InChI=1S/C18H22N4O3/c1-5-19-17(24)21-10-14-15(16(23)25-18(2,3)4)20-11-22(14)13-9-7-6-8-12(13)21/h6-9,11H,5,10H2,1-4H3,(H,19,24). The zero-order chi connectivity index (χ0) is 18.2. The number of hydrogen-bond acceptors (Lipinski definition) is 4. The number of para-hydroxylation sites is 2. The average molecular weight is 342 g/mol. The fraction of sp³-hybridized carbons (Fsp3) is 0.389. The first-order valence-electron chi connectivity index (χ1n) is 8.26. The van der Waals surface area contributed by atoms with E-state index in [1.54, 1.807) is 11.2 Å². The van der Waals surface area contributed by atoms with E-state index in [4.69, 9.17) is 4.74 Å². The molecule has 1 aliphatic heterocycles. The molecule has 0 saturated heterocycles. The molecule has 1 aromatic carbocycles. The van der Waals surface area contributed by atoms with Gasteiger partial charge in [0.15, 0.2) is 5.69 Å². The van der Waals surface area contributed by atoms with Gasteiger partial charge in [0, 0.05) is 6.54 Å². The van der Waals surface area contributed by atoms with Crippen molar-refractivity contribution in [1.29, 1.82) is 0 Å². The summed E-state index contributed by atoms with van der Waals surface area (Å²) < 4.78 is 7.28. The van der Waals surface area contributed by atoms with E-state index in [0.717, 1.165) is 11.4 Å². The van der Waals surface area contributed by atoms with Gasteiger partial charge in [-0.1, -0.05) is 12.1 Å². The third-order valence-corrected chi connectivity index (χ3v) is 3.77. The molecule has 0 atom stereocenters. The zero-order valence-corrected chi connectivity index (χ0v) is 14.9. The number of urea groups is 1. The molecule has 2 aromatic rings. The highest BCUT2D eigenvalue weighted by molar-refractivity contribution is 5.96. The highest BCUT2D eigenvalue weighted by Gasteiger charge is 2.32. The van der Waals surface area contributed by atoms with Gasteiger partial charge < -0.3 is 10.1 Å². The van der Waals surface area contributed by atoms with E-state index in [1.165, 1.54) is 0 Å². The van der Waals surface area contributed by atoms with Crippen LogP contribution in [0.15, 0.2) is 30.6 Å². The molecular formula is C18H22N4O3. The molecular weight excluding hydrogens is 320 g/mol. The summed E-state index contributed by atoms with van der Waals surface area (Å²) in [6.07, 6.45) is 1.60. The monoisotopic (exact) mass is 342 g/mol. The summed E-state index contributed by atoms with van der Waals surface area (Å²) in [5.74, 6) is -0.489. The first-order valence-corrected chi connectivity index (χ1v) is 8.26. The third kappa shape index (κ3) is 3.22. The van der Waals surface area contributed by atoms with Crippen molar-refractivity contribution in [1.82, 2.24) is 14.9 Å². The van der Waals surface area contributed by atoms with Gasteiger partial charge in [-0.2, -0.15) is 0 Å². The number of nitrogens with one attached hydrogen (secondary N) is 1. The Bertz CT molecular complexity index is 820. The van der Waals surface area contributed by atoms with E-state index in [1.807, 2.05) is 56.5 Å². The molecule has 2 amide bonds. The van der Waals surface area contributed by atoms with Crippen molar-refractivity contribution in [3.63, 3.8) is 0 Å². The molecule has 7 nitrogen and oxygen atoms in total. The molecule has 0 bridgehead atoms. The topological polar surface area (TPSA) is 76.5 Å². The molecule has 0 aliphatic carbocycles. The normalized spacial score (nSPS) is 13.0. The van der Waals surface area contributed by atoms with Gasteiger partial charge in [-0.25, -0.2) is 14.6 Å². The van der Waals surface area contributed by atoms with Crippen molar-refractivity contribution in [2.24, 2.45) is 0 Å². The van der Waals surface area contributed by atoms with Gasteiger partial charge in [0.1, 0.15) is 11.9 Å². The van der Waals surface area contributed by atoms with Crippen LogP contribution in [0.4, 0.5) is 10.5 Å². The highest BCUT2D eigenvalue weighted by atomic mass is 16.6. The molecule has 1 aromatic heterocycles. The summed E-state index contributed by atoms with van der Waals surface area (Å²) in [6.45, 7) is 8.06. The number of aromatic nitrogens is 2. The van der Waals surface area contributed by atoms with E-state index in [0.29, 0.717) is 12.2 Å². The van der Waals surface area contributed by atoms with Crippen LogP contribution in [0, 0.1) is 0 Å². The van der Waals surface area contributed by atoms with E-state index in [9.17, 15) is 9.59 Å². The van der Waals surface area contributed by atoms with Crippen LogP contribution in [0.2, 0.25) is 0 Å². The summed E-state index contributed by atoms with van der Waals surface area (Å²) >= 11 is 0. The molecule has 7 heteroatoms. The fourth-order valence-corrected chi connectivity index (χ4v) is 2.79. The Morgan fingerprint density at radius 3 is 2.56 bits per heavy atom. The molecule has 0 radical (unpaired) electrons. The number of benzene rings is 1. The second-order valence-electron chi connectivity index (χ2n) is 6.82. The summed E-state index contributed by atoms with van der Waals surface area (Å²) in [7, 11) is 0. The summed E-state index contributed by atoms with van der Waals surface area (Å²) in [5, 5.41) is 2.81. The lowest BCUT2D eigenvalue weighted by atomic mass is 10.1. The minimum atomic E-state index is -0.612. The van der Waals surface area contributed by atoms with Gasteiger partial charge in [0.2, 0.25) is 0 Å². The Kier molecular flexibility index (Phi) is 4.24. The molecule has 3 rings (SSSR count). The SMILES string of the molecule is CCNC(=O)N1Cc2c(C(=O)OC(C)(C)C)ncn2-c2ccccc21. The Morgan fingerprint density at radius 1 is 1.24 bits per heavy atom. The predicted octanol–water partition coefficient (Wildman–Crippen LogP) is 2.88. The van der Waals surface area contributed by atoms with Gasteiger partial charge in [0.05, 0.1) is 23.6 Å². The number of anilines is 1. The number of ether oxygens (including phenoxy) is 1. The molecule has 2 heterocycles. The van der Waals surface area contributed by atoms with Crippen molar-refractivity contribution < 1.29 is 14.3 Å². The maximum absolute atomic E-state index is 12.5. The molecule has 25 heavy (non-hydrogen) atoms. The molecule has 0 spiro atoms. The van der Waals surface area contributed by atoms with Crippen LogP contribution in [0.1, 0.15) is 43.9 Å². The predicted molar refractivity (Wildman–Crippen MR) is 94.0 cm³/mol. The van der Waals surface area contributed by atoms with Crippen molar-refractivity contribution in [2.75, 3.05) is 11.4 Å².